The molecule has 132 valence electrons. The summed E-state index contributed by atoms with van der Waals surface area (Å²) in [5.41, 5.74) is 1.38. The molecule has 5 nitrogen and oxygen atoms in total. The molecule has 6 heteroatoms. The average Bonchev–Trinajstić information content (AvgIpc) is 2.60. The van der Waals surface area contributed by atoms with Crippen LogP contribution in [0.4, 0.5) is 0 Å². The van der Waals surface area contributed by atoms with Crippen LogP contribution in [0.3, 0.4) is 0 Å². The number of halogens is 1. The zero-order valence-electron chi connectivity index (χ0n) is 14.3. The van der Waals surface area contributed by atoms with E-state index in [-0.39, 0.29) is 17.7 Å². The van der Waals surface area contributed by atoms with Crippen molar-refractivity contribution in [1.82, 2.24) is 15.6 Å². The van der Waals surface area contributed by atoms with Gasteiger partial charge in [-0.15, -0.1) is 0 Å². The Morgan fingerprint density at radius 2 is 1.88 bits per heavy atom. The molecule has 0 saturated carbocycles. The largest absolute Gasteiger partial charge is 0.350 e. The van der Waals surface area contributed by atoms with Crippen molar-refractivity contribution >= 4 is 23.4 Å². The molecule has 0 bridgehead atoms. The van der Waals surface area contributed by atoms with E-state index in [2.05, 4.69) is 15.6 Å². The van der Waals surface area contributed by atoms with E-state index in [0.29, 0.717) is 23.6 Å². The van der Waals surface area contributed by atoms with Crippen LogP contribution >= 0.6 is 11.6 Å². The molecule has 1 aromatic heterocycles. The second-order valence-corrected chi connectivity index (χ2v) is 6.68. The molecular formula is C19H22ClN3O2. The third-order valence-corrected chi connectivity index (χ3v) is 3.88. The molecule has 0 aliphatic rings. The van der Waals surface area contributed by atoms with E-state index in [9.17, 15) is 9.59 Å². The monoisotopic (exact) mass is 359 g/mol. The van der Waals surface area contributed by atoms with Crippen molar-refractivity contribution in [1.29, 1.82) is 0 Å². The first kappa shape index (κ1) is 18.9. The van der Waals surface area contributed by atoms with E-state index < -0.39 is 6.04 Å². The minimum absolute atomic E-state index is 0.208. The van der Waals surface area contributed by atoms with Crippen molar-refractivity contribution in [3.05, 3.63) is 64.9 Å². The van der Waals surface area contributed by atoms with Gasteiger partial charge in [0, 0.05) is 29.5 Å². The van der Waals surface area contributed by atoms with Crippen LogP contribution in [0.1, 0.15) is 36.2 Å². The van der Waals surface area contributed by atoms with Gasteiger partial charge in [0.1, 0.15) is 6.04 Å². The van der Waals surface area contributed by atoms with Gasteiger partial charge in [-0.05, 0) is 48.2 Å². The summed E-state index contributed by atoms with van der Waals surface area (Å²) >= 11 is 5.84. The van der Waals surface area contributed by atoms with Gasteiger partial charge in [0.15, 0.2) is 0 Å². The van der Waals surface area contributed by atoms with Crippen molar-refractivity contribution < 1.29 is 9.59 Å². The maximum absolute atomic E-state index is 12.5. The Kier molecular flexibility index (Phi) is 6.95. The third kappa shape index (κ3) is 6.19. The number of rotatable bonds is 7. The fourth-order valence-electron chi connectivity index (χ4n) is 2.36. The minimum Gasteiger partial charge on any atom is -0.350 e. The fourth-order valence-corrected chi connectivity index (χ4v) is 2.49. The number of carbonyl (C=O) groups is 2. The SMILES string of the molecule is CC(C)C[C@@H](NC(=O)c1ccc(Cl)cc1)C(=O)NCc1cccnc1. The zero-order chi connectivity index (χ0) is 18.2. The summed E-state index contributed by atoms with van der Waals surface area (Å²) in [5, 5.41) is 6.23. The van der Waals surface area contributed by atoms with Crippen LogP contribution in [0.15, 0.2) is 48.8 Å². The molecule has 25 heavy (non-hydrogen) atoms. The molecule has 2 rings (SSSR count). The topological polar surface area (TPSA) is 71.1 Å². The summed E-state index contributed by atoms with van der Waals surface area (Å²) < 4.78 is 0. The van der Waals surface area contributed by atoms with Crippen molar-refractivity contribution in [2.45, 2.75) is 32.9 Å². The van der Waals surface area contributed by atoms with Crippen LogP contribution in [0.2, 0.25) is 5.02 Å². The van der Waals surface area contributed by atoms with Crippen LogP contribution in [0, 0.1) is 5.92 Å². The molecule has 2 N–H and O–H groups in total. The molecule has 1 heterocycles. The van der Waals surface area contributed by atoms with E-state index in [1.165, 1.54) is 0 Å². The van der Waals surface area contributed by atoms with Crippen LogP contribution in [0.25, 0.3) is 0 Å². The second-order valence-electron chi connectivity index (χ2n) is 6.24. The lowest BCUT2D eigenvalue weighted by Gasteiger charge is -2.20. The second kappa shape index (κ2) is 9.18. The van der Waals surface area contributed by atoms with Gasteiger partial charge in [0.25, 0.3) is 5.91 Å². The predicted octanol–water partition coefficient (Wildman–Crippen LogP) is 3.20. The van der Waals surface area contributed by atoms with Crippen LogP contribution in [-0.4, -0.2) is 22.8 Å². The summed E-state index contributed by atoms with van der Waals surface area (Å²) in [6, 6.07) is 9.67. The van der Waals surface area contributed by atoms with Crippen molar-refractivity contribution in [2.24, 2.45) is 5.92 Å². The quantitative estimate of drug-likeness (QED) is 0.797. The first-order valence-corrected chi connectivity index (χ1v) is 8.56. The van der Waals surface area contributed by atoms with E-state index in [1.54, 1.807) is 36.7 Å². The average molecular weight is 360 g/mol. The summed E-state index contributed by atoms with van der Waals surface area (Å²) in [6.07, 6.45) is 3.93. The molecular weight excluding hydrogens is 338 g/mol. The molecule has 0 aliphatic carbocycles. The standard InChI is InChI=1S/C19H22ClN3O2/c1-13(2)10-17(19(25)22-12-14-4-3-9-21-11-14)23-18(24)15-5-7-16(20)8-6-15/h3-9,11,13,17H,10,12H2,1-2H3,(H,22,25)(H,23,24)/t17-/m1/s1. The van der Waals surface area contributed by atoms with Gasteiger partial charge in [-0.1, -0.05) is 31.5 Å². The van der Waals surface area contributed by atoms with Crippen LogP contribution < -0.4 is 10.6 Å². The molecule has 1 atom stereocenters. The molecule has 2 aromatic rings. The van der Waals surface area contributed by atoms with Crippen molar-refractivity contribution in [2.75, 3.05) is 0 Å². The highest BCUT2D eigenvalue weighted by Crippen LogP contribution is 2.11. The van der Waals surface area contributed by atoms with Gasteiger partial charge in [-0.3, -0.25) is 14.6 Å². The number of nitrogens with one attached hydrogen (secondary N) is 2. The van der Waals surface area contributed by atoms with Gasteiger partial charge < -0.3 is 10.6 Å². The molecule has 0 fully saturated rings. The number of amides is 2. The Balaban J connectivity index is 2.00. The Hall–Kier alpha value is -2.40. The van der Waals surface area contributed by atoms with Gasteiger partial charge >= 0.3 is 0 Å². The van der Waals surface area contributed by atoms with Crippen LogP contribution in [0.5, 0.6) is 0 Å². The van der Waals surface area contributed by atoms with E-state index in [4.69, 9.17) is 11.6 Å². The van der Waals surface area contributed by atoms with Gasteiger partial charge in [-0.2, -0.15) is 0 Å². The molecule has 0 aliphatic heterocycles. The van der Waals surface area contributed by atoms with Gasteiger partial charge in [-0.25, -0.2) is 0 Å². The maximum Gasteiger partial charge on any atom is 0.251 e. The van der Waals surface area contributed by atoms with Crippen molar-refractivity contribution in [3.63, 3.8) is 0 Å². The normalized spacial score (nSPS) is 11.8. The third-order valence-electron chi connectivity index (χ3n) is 3.62. The van der Waals surface area contributed by atoms with Crippen LogP contribution in [-0.2, 0) is 11.3 Å². The van der Waals surface area contributed by atoms with Gasteiger partial charge in [0.2, 0.25) is 5.91 Å². The highest BCUT2D eigenvalue weighted by molar-refractivity contribution is 6.30. The summed E-state index contributed by atoms with van der Waals surface area (Å²) in [6.45, 7) is 4.39. The smallest absolute Gasteiger partial charge is 0.251 e. The Morgan fingerprint density at radius 1 is 1.16 bits per heavy atom. The maximum atomic E-state index is 12.5. The predicted molar refractivity (Wildman–Crippen MR) is 98.2 cm³/mol. The Bertz CT molecular complexity index is 702. The first-order chi connectivity index (χ1) is 12.0. The molecule has 0 radical (unpaired) electrons. The van der Waals surface area contributed by atoms with Gasteiger partial charge in [0.05, 0.1) is 0 Å². The summed E-state index contributed by atoms with van der Waals surface area (Å²) in [4.78, 5) is 28.9. The highest BCUT2D eigenvalue weighted by Gasteiger charge is 2.22. The number of hydrogen-bond acceptors (Lipinski definition) is 3. The first-order valence-electron chi connectivity index (χ1n) is 8.18. The number of aromatic nitrogens is 1. The lowest BCUT2D eigenvalue weighted by atomic mass is 10.0. The fraction of sp³-hybridized carbons (Fsp3) is 0.316. The molecule has 0 unspecified atom stereocenters. The van der Waals surface area contributed by atoms with E-state index in [1.807, 2.05) is 26.0 Å². The lowest BCUT2D eigenvalue weighted by Crippen LogP contribution is -2.47. The summed E-state index contributed by atoms with van der Waals surface area (Å²) in [5.74, 6) is -0.238. The number of carbonyl (C=O) groups excluding carboxylic acids is 2. The summed E-state index contributed by atoms with van der Waals surface area (Å²) in [7, 11) is 0. The lowest BCUT2D eigenvalue weighted by molar-refractivity contribution is -0.123. The van der Waals surface area contributed by atoms with E-state index in [0.717, 1.165) is 5.56 Å². The highest BCUT2D eigenvalue weighted by atomic mass is 35.5. The number of nitrogens with zero attached hydrogens (tertiary/aromatic N) is 1. The molecule has 0 saturated heterocycles. The Labute approximate surface area is 152 Å². The zero-order valence-corrected chi connectivity index (χ0v) is 15.1. The number of benzene rings is 1. The van der Waals surface area contributed by atoms with Crippen molar-refractivity contribution in [3.8, 4) is 0 Å². The Morgan fingerprint density at radius 3 is 2.48 bits per heavy atom. The molecule has 2 amide bonds. The van der Waals surface area contributed by atoms with E-state index >= 15 is 0 Å². The molecule has 1 aromatic carbocycles. The minimum atomic E-state index is -0.597. The molecule has 0 spiro atoms. The number of hydrogen-bond donors (Lipinski definition) is 2. The number of pyridine rings is 1.